The lowest BCUT2D eigenvalue weighted by Crippen LogP contribution is -2.57. The van der Waals surface area contributed by atoms with E-state index < -0.39 is 5.54 Å². The van der Waals surface area contributed by atoms with Gasteiger partial charge in [-0.3, -0.25) is 4.79 Å². The van der Waals surface area contributed by atoms with Gasteiger partial charge in [0.15, 0.2) is 0 Å². The summed E-state index contributed by atoms with van der Waals surface area (Å²) in [7, 11) is 1.78. The molecule has 0 aromatic heterocycles. The minimum Gasteiger partial charge on any atom is -0.380 e. The van der Waals surface area contributed by atoms with E-state index in [2.05, 4.69) is 17.1 Å². The Morgan fingerprint density at radius 1 is 1.55 bits per heavy atom. The number of likely N-dealkylation sites (tertiary alicyclic amines) is 1. The molecule has 0 radical (unpaired) electrons. The summed E-state index contributed by atoms with van der Waals surface area (Å²) < 4.78 is 5.53. The van der Waals surface area contributed by atoms with Crippen molar-refractivity contribution in [3.05, 3.63) is 0 Å². The quantitative estimate of drug-likeness (QED) is 0.731. The van der Waals surface area contributed by atoms with Gasteiger partial charge in [0.05, 0.1) is 11.6 Å². The fourth-order valence-electron chi connectivity index (χ4n) is 2.89. The number of primary amides is 1. The SMILES string of the molecule is COC1CN(CCC(C)(NC(C)C)C(N)=O)CCC1C. The summed E-state index contributed by atoms with van der Waals surface area (Å²) in [5.74, 6) is 0.326. The second kappa shape index (κ2) is 7.38. The molecule has 0 bridgehead atoms. The number of carbonyl (C=O) groups excluding carboxylic acids is 1. The third-order valence-corrected chi connectivity index (χ3v) is 4.36. The van der Waals surface area contributed by atoms with E-state index in [4.69, 9.17) is 10.5 Å². The summed E-state index contributed by atoms with van der Waals surface area (Å²) >= 11 is 0. The molecule has 3 atom stereocenters. The van der Waals surface area contributed by atoms with E-state index in [-0.39, 0.29) is 11.9 Å². The number of ether oxygens (including phenoxy) is 1. The third kappa shape index (κ3) is 4.72. The van der Waals surface area contributed by atoms with Crippen molar-refractivity contribution < 1.29 is 9.53 Å². The fraction of sp³-hybridized carbons (Fsp3) is 0.933. The van der Waals surface area contributed by atoms with Crippen LogP contribution in [0.4, 0.5) is 0 Å². The predicted molar refractivity (Wildman–Crippen MR) is 81.5 cm³/mol. The third-order valence-electron chi connectivity index (χ3n) is 4.36. The number of nitrogens with two attached hydrogens (primary N) is 1. The Balaban J connectivity index is 2.53. The van der Waals surface area contributed by atoms with Crippen LogP contribution < -0.4 is 11.1 Å². The first-order valence-corrected chi connectivity index (χ1v) is 7.61. The molecule has 1 amide bonds. The zero-order valence-electron chi connectivity index (χ0n) is 13.6. The molecule has 20 heavy (non-hydrogen) atoms. The van der Waals surface area contributed by atoms with Crippen LogP contribution in [0.1, 0.15) is 40.5 Å². The standard InChI is InChI=1S/C15H31N3O2/c1-11(2)17-15(4,14(16)19)7-9-18-8-6-12(3)13(10-18)20-5/h11-13,17H,6-10H2,1-5H3,(H2,16,19). The van der Waals surface area contributed by atoms with Gasteiger partial charge in [-0.2, -0.15) is 0 Å². The molecular weight excluding hydrogens is 254 g/mol. The molecule has 0 spiro atoms. The topological polar surface area (TPSA) is 67.6 Å². The smallest absolute Gasteiger partial charge is 0.237 e. The van der Waals surface area contributed by atoms with Crippen LogP contribution in [0, 0.1) is 5.92 Å². The summed E-state index contributed by atoms with van der Waals surface area (Å²) in [4.78, 5) is 14.1. The van der Waals surface area contributed by atoms with Crippen molar-refractivity contribution in [2.75, 3.05) is 26.7 Å². The fourth-order valence-corrected chi connectivity index (χ4v) is 2.89. The molecule has 118 valence electrons. The second-order valence-corrected chi connectivity index (χ2v) is 6.59. The van der Waals surface area contributed by atoms with Gasteiger partial charge in [0.1, 0.15) is 0 Å². The summed E-state index contributed by atoms with van der Waals surface area (Å²) in [5, 5.41) is 3.30. The number of rotatable bonds is 7. The van der Waals surface area contributed by atoms with Crippen LogP contribution in [0.25, 0.3) is 0 Å². The molecule has 1 heterocycles. The maximum atomic E-state index is 11.7. The maximum Gasteiger partial charge on any atom is 0.237 e. The van der Waals surface area contributed by atoms with Gasteiger partial charge < -0.3 is 20.7 Å². The molecule has 0 aromatic rings. The highest BCUT2D eigenvalue weighted by Crippen LogP contribution is 2.21. The second-order valence-electron chi connectivity index (χ2n) is 6.59. The molecule has 1 fully saturated rings. The molecule has 0 aromatic carbocycles. The summed E-state index contributed by atoms with van der Waals surface area (Å²) in [6, 6.07) is 0.237. The van der Waals surface area contributed by atoms with E-state index in [0.717, 1.165) is 32.5 Å². The molecule has 1 aliphatic rings. The van der Waals surface area contributed by atoms with Crippen molar-refractivity contribution in [2.24, 2.45) is 11.7 Å². The molecule has 3 N–H and O–H groups in total. The van der Waals surface area contributed by atoms with Gasteiger partial charge in [-0.1, -0.05) is 6.92 Å². The zero-order valence-corrected chi connectivity index (χ0v) is 13.6. The van der Waals surface area contributed by atoms with Crippen LogP contribution in [-0.2, 0) is 9.53 Å². The minimum atomic E-state index is -0.639. The van der Waals surface area contributed by atoms with Crippen LogP contribution >= 0.6 is 0 Å². The van der Waals surface area contributed by atoms with Gasteiger partial charge in [0, 0.05) is 26.2 Å². The van der Waals surface area contributed by atoms with Gasteiger partial charge in [0.25, 0.3) is 0 Å². The lowest BCUT2D eigenvalue weighted by Gasteiger charge is -2.38. The van der Waals surface area contributed by atoms with E-state index in [1.54, 1.807) is 7.11 Å². The average molecular weight is 285 g/mol. The Morgan fingerprint density at radius 3 is 2.70 bits per heavy atom. The Bertz CT molecular complexity index is 322. The van der Waals surface area contributed by atoms with Crippen LogP contribution in [0.5, 0.6) is 0 Å². The molecule has 1 rings (SSSR count). The van der Waals surface area contributed by atoms with Crippen LogP contribution in [0.3, 0.4) is 0 Å². The molecule has 5 heteroatoms. The Kier molecular flexibility index (Phi) is 6.43. The van der Waals surface area contributed by atoms with Crippen molar-refractivity contribution >= 4 is 5.91 Å². The first-order chi connectivity index (χ1) is 9.28. The first-order valence-electron chi connectivity index (χ1n) is 7.61. The molecular formula is C15H31N3O2. The first kappa shape index (κ1) is 17.4. The Hall–Kier alpha value is -0.650. The predicted octanol–water partition coefficient (Wildman–Crippen LogP) is 0.975. The summed E-state index contributed by atoms with van der Waals surface area (Å²) in [6.45, 7) is 11.1. The van der Waals surface area contributed by atoms with E-state index in [0.29, 0.717) is 12.0 Å². The van der Waals surface area contributed by atoms with Crippen molar-refractivity contribution in [2.45, 2.75) is 58.2 Å². The number of piperidine rings is 1. The molecule has 5 nitrogen and oxygen atoms in total. The molecule has 1 saturated heterocycles. The van der Waals surface area contributed by atoms with E-state index in [1.165, 1.54) is 0 Å². The van der Waals surface area contributed by atoms with Crippen molar-refractivity contribution in [1.82, 2.24) is 10.2 Å². The summed E-state index contributed by atoms with van der Waals surface area (Å²) in [6.07, 6.45) is 2.16. The number of nitrogens with zero attached hydrogens (tertiary/aromatic N) is 1. The van der Waals surface area contributed by atoms with Gasteiger partial charge in [-0.15, -0.1) is 0 Å². The highest BCUT2D eigenvalue weighted by atomic mass is 16.5. The van der Waals surface area contributed by atoms with E-state index in [1.807, 2.05) is 20.8 Å². The molecule has 0 aliphatic carbocycles. The maximum absolute atomic E-state index is 11.7. The Labute approximate surface area is 123 Å². The number of nitrogens with one attached hydrogen (secondary N) is 1. The highest BCUT2D eigenvalue weighted by molar-refractivity contribution is 5.84. The number of amides is 1. The van der Waals surface area contributed by atoms with E-state index >= 15 is 0 Å². The average Bonchev–Trinajstić information content (AvgIpc) is 2.36. The number of hydrogen-bond acceptors (Lipinski definition) is 4. The summed E-state index contributed by atoms with van der Waals surface area (Å²) in [5.41, 5.74) is 4.93. The monoisotopic (exact) mass is 285 g/mol. The van der Waals surface area contributed by atoms with Crippen LogP contribution in [0.2, 0.25) is 0 Å². The lowest BCUT2D eigenvalue weighted by atomic mass is 9.92. The minimum absolute atomic E-state index is 0.237. The van der Waals surface area contributed by atoms with Crippen LogP contribution in [-0.4, -0.2) is 55.2 Å². The number of methoxy groups -OCH3 is 1. The molecule has 0 saturated carbocycles. The lowest BCUT2D eigenvalue weighted by molar-refractivity contribution is -0.124. The van der Waals surface area contributed by atoms with Crippen molar-refractivity contribution in [3.8, 4) is 0 Å². The van der Waals surface area contributed by atoms with Gasteiger partial charge >= 0.3 is 0 Å². The molecule has 3 unspecified atom stereocenters. The number of hydrogen-bond donors (Lipinski definition) is 2. The molecule has 1 aliphatic heterocycles. The highest BCUT2D eigenvalue weighted by Gasteiger charge is 2.33. The Morgan fingerprint density at radius 2 is 2.20 bits per heavy atom. The van der Waals surface area contributed by atoms with Gasteiger partial charge in [0.2, 0.25) is 5.91 Å². The van der Waals surface area contributed by atoms with E-state index in [9.17, 15) is 4.79 Å². The van der Waals surface area contributed by atoms with Crippen molar-refractivity contribution in [1.29, 1.82) is 0 Å². The number of carbonyl (C=O) groups is 1. The van der Waals surface area contributed by atoms with Crippen molar-refractivity contribution in [3.63, 3.8) is 0 Å². The van der Waals surface area contributed by atoms with Crippen LogP contribution in [0.15, 0.2) is 0 Å². The largest absolute Gasteiger partial charge is 0.380 e. The zero-order chi connectivity index (χ0) is 15.3. The normalized spacial score (nSPS) is 27.5. The van der Waals surface area contributed by atoms with Gasteiger partial charge in [-0.25, -0.2) is 0 Å². The van der Waals surface area contributed by atoms with Gasteiger partial charge in [-0.05, 0) is 46.1 Å².